The van der Waals surface area contributed by atoms with Gasteiger partial charge in [-0.2, -0.15) is 0 Å². The van der Waals surface area contributed by atoms with Gasteiger partial charge in [0.1, 0.15) is 11.3 Å². The summed E-state index contributed by atoms with van der Waals surface area (Å²) in [5.41, 5.74) is 0.820. The number of aromatic hydroxyl groups is 1. The number of rotatable bonds is 4. The second-order valence-corrected chi connectivity index (χ2v) is 8.80. The third kappa shape index (κ3) is 4.96. The van der Waals surface area contributed by atoms with E-state index in [1.54, 1.807) is 17.9 Å². The number of piperazine rings is 1. The lowest BCUT2D eigenvalue weighted by Gasteiger charge is -2.35. The fourth-order valence-electron chi connectivity index (χ4n) is 4.62. The van der Waals surface area contributed by atoms with Crippen molar-refractivity contribution in [3.05, 3.63) is 39.7 Å². The van der Waals surface area contributed by atoms with E-state index in [2.05, 4.69) is 4.90 Å². The first kappa shape index (κ1) is 22.3. The Kier molecular flexibility index (Phi) is 6.79. The lowest BCUT2D eigenvalue weighted by atomic mass is 10.0. The van der Waals surface area contributed by atoms with Gasteiger partial charge in [-0.3, -0.25) is 14.5 Å². The minimum Gasteiger partial charge on any atom is -0.508 e. The average molecular weight is 442 g/mol. The maximum absolute atomic E-state index is 12.9. The van der Waals surface area contributed by atoms with E-state index in [1.165, 1.54) is 25.0 Å². The quantitative estimate of drug-likeness (QED) is 0.729. The van der Waals surface area contributed by atoms with Crippen LogP contribution in [-0.2, 0) is 16.0 Å². The fourth-order valence-corrected chi connectivity index (χ4v) is 4.62. The van der Waals surface area contributed by atoms with Crippen molar-refractivity contribution in [3.63, 3.8) is 0 Å². The van der Waals surface area contributed by atoms with E-state index < -0.39 is 5.63 Å². The highest BCUT2D eigenvalue weighted by molar-refractivity contribution is 5.85. The van der Waals surface area contributed by atoms with E-state index >= 15 is 0 Å². The number of carbonyl (C=O) groups is 2. The Bertz CT molecular complexity index is 1050. The number of amides is 2. The molecule has 0 unspecified atom stereocenters. The molecule has 172 valence electrons. The SMILES string of the molecule is Cc1c(CC(=O)N2CCN(CC(=O)N3CCCCCC3)CC2)c(=O)oc2cc(O)ccc12. The average Bonchev–Trinajstić information content (AvgIpc) is 3.06. The second-order valence-electron chi connectivity index (χ2n) is 8.80. The van der Waals surface area contributed by atoms with Crippen LogP contribution in [0.5, 0.6) is 5.75 Å². The van der Waals surface area contributed by atoms with Gasteiger partial charge in [0.2, 0.25) is 11.8 Å². The first-order valence-corrected chi connectivity index (χ1v) is 11.5. The van der Waals surface area contributed by atoms with Gasteiger partial charge in [-0.25, -0.2) is 4.79 Å². The highest BCUT2D eigenvalue weighted by atomic mass is 16.4. The van der Waals surface area contributed by atoms with E-state index in [-0.39, 0.29) is 24.0 Å². The monoisotopic (exact) mass is 441 g/mol. The zero-order valence-electron chi connectivity index (χ0n) is 18.6. The second kappa shape index (κ2) is 9.73. The zero-order valence-corrected chi connectivity index (χ0v) is 18.6. The standard InChI is InChI=1S/C24H31N3O5/c1-17-19-7-6-18(28)14-21(19)32-24(31)20(17)15-22(29)27-12-10-25(11-13-27)16-23(30)26-8-4-2-3-5-9-26/h6-7,14,28H,2-5,8-13,15-16H2,1H3. The van der Waals surface area contributed by atoms with Crippen LogP contribution in [0.4, 0.5) is 0 Å². The van der Waals surface area contributed by atoms with Gasteiger partial charge >= 0.3 is 5.63 Å². The van der Waals surface area contributed by atoms with Gasteiger partial charge in [0.15, 0.2) is 0 Å². The van der Waals surface area contributed by atoms with E-state index in [1.807, 2.05) is 4.90 Å². The molecule has 8 nitrogen and oxygen atoms in total. The lowest BCUT2D eigenvalue weighted by Crippen LogP contribution is -2.52. The van der Waals surface area contributed by atoms with Gasteiger partial charge in [-0.1, -0.05) is 12.8 Å². The Hall–Kier alpha value is -2.87. The van der Waals surface area contributed by atoms with Crippen molar-refractivity contribution >= 4 is 22.8 Å². The lowest BCUT2D eigenvalue weighted by molar-refractivity contribution is -0.134. The molecular formula is C24H31N3O5. The highest BCUT2D eigenvalue weighted by Gasteiger charge is 2.26. The van der Waals surface area contributed by atoms with E-state index in [0.29, 0.717) is 54.8 Å². The van der Waals surface area contributed by atoms with Crippen LogP contribution in [0.25, 0.3) is 11.0 Å². The van der Waals surface area contributed by atoms with Crippen molar-refractivity contribution in [1.82, 2.24) is 14.7 Å². The first-order valence-electron chi connectivity index (χ1n) is 11.5. The molecule has 2 aliphatic heterocycles. The summed E-state index contributed by atoms with van der Waals surface area (Å²) < 4.78 is 5.33. The number of aryl methyl sites for hydroxylation is 1. The molecule has 0 aliphatic carbocycles. The predicted octanol–water partition coefficient (Wildman–Crippen LogP) is 1.90. The maximum atomic E-state index is 12.9. The molecule has 0 bridgehead atoms. The number of phenolic OH excluding ortho intramolecular Hbond substituents is 1. The van der Waals surface area contributed by atoms with Crippen LogP contribution in [0.2, 0.25) is 0 Å². The minimum absolute atomic E-state index is 0.0162. The number of fused-ring (bicyclic) bond motifs is 1. The summed E-state index contributed by atoms with van der Waals surface area (Å²) in [6.07, 6.45) is 4.54. The Morgan fingerprint density at radius 1 is 0.938 bits per heavy atom. The molecule has 0 atom stereocenters. The number of benzene rings is 1. The first-order chi connectivity index (χ1) is 15.4. The minimum atomic E-state index is -0.546. The molecule has 1 N–H and O–H groups in total. The van der Waals surface area contributed by atoms with E-state index in [4.69, 9.17) is 4.42 Å². The normalized spacial score (nSPS) is 18.0. The Morgan fingerprint density at radius 2 is 1.59 bits per heavy atom. The van der Waals surface area contributed by atoms with Crippen LogP contribution in [0, 0.1) is 6.92 Å². The summed E-state index contributed by atoms with van der Waals surface area (Å²) in [5, 5.41) is 10.3. The molecule has 0 spiro atoms. The van der Waals surface area contributed by atoms with Crippen LogP contribution in [0.3, 0.4) is 0 Å². The van der Waals surface area contributed by atoms with Crippen LogP contribution in [-0.4, -0.2) is 77.4 Å². The van der Waals surface area contributed by atoms with Crippen molar-refractivity contribution in [1.29, 1.82) is 0 Å². The van der Waals surface area contributed by atoms with Crippen LogP contribution >= 0.6 is 0 Å². The molecule has 2 fully saturated rings. The van der Waals surface area contributed by atoms with Crippen LogP contribution in [0.15, 0.2) is 27.4 Å². The van der Waals surface area contributed by atoms with E-state index in [0.717, 1.165) is 25.9 Å². The van der Waals surface area contributed by atoms with Gasteiger partial charge in [-0.05, 0) is 37.5 Å². The molecule has 0 saturated carbocycles. The maximum Gasteiger partial charge on any atom is 0.340 e. The highest BCUT2D eigenvalue weighted by Crippen LogP contribution is 2.24. The molecule has 2 saturated heterocycles. The zero-order chi connectivity index (χ0) is 22.7. The summed E-state index contributed by atoms with van der Waals surface area (Å²) in [6.45, 7) is 6.28. The summed E-state index contributed by atoms with van der Waals surface area (Å²) in [4.78, 5) is 43.8. The largest absolute Gasteiger partial charge is 0.508 e. The van der Waals surface area contributed by atoms with Gasteiger partial charge in [-0.15, -0.1) is 0 Å². The van der Waals surface area contributed by atoms with Crippen molar-refractivity contribution < 1.29 is 19.1 Å². The van der Waals surface area contributed by atoms with Gasteiger partial charge in [0, 0.05) is 50.7 Å². The third-order valence-corrected chi connectivity index (χ3v) is 6.64. The molecule has 2 aliphatic rings. The summed E-state index contributed by atoms with van der Waals surface area (Å²) >= 11 is 0. The smallest absolute Gasteiger partial charge is 0.340 e. The number of phenols is 1. The molecule has 1 aromatic heterocycles. The Morgan fingerprint density at radius 3 is 2.28 bits per heavy atom. The molecule has 2 amide bonds. The number of hydrogen-bond donors (Lipinski definition) is 1. The third-order valence-electron chi connectivity index (χ3n) is 6.64. The van der Waals surface area contributed by atoms with Crippen molar-refractivity contribution in [2.75, 3.05) is 45.8 Å². The molecule has 0 radical (unpaired) electrons. The number of nitrogens with zero attached hydrogens (tertiary/aromatic N) is 3. The molecule has 2 aromatic rings. The summed E-state index contributed by atoms with van der Waals surface area (Å²) in [6, 6.07) is 4.63. The number of likely N-dealkylation sites (tertiary alicyclic amines) is 1. The molecule has 32 heavy (non-hydrogen) atoms. The van der Waals surface area contributed by atoms with Crippen molar-refractivity contribution in [2.45, 2.75) is 39.0 Å². The summed E-state index contributed by atoms with van der Waals surface area (Å²) in [5.74, 6) is 0.0928. The topological polar surface area (TPSA) is 94.3 Å². The molecule has 1 aromatic carbocycles. The van der Waals surface area contributed by atoms with Crippen molar-refractivity contribution in [3.8, 4) is 5.75 Å². The molecule has 4 rings (SSSR count). The molecule has 3 heterocycles. The Labute approximate surface area is 187 Å². The number of hydrogen-bond acceptors (Lipinski definition) is 6. The summed E-state index contributed by atoms with van der Waals surface area (Å²) in [7, 11) is 0. The predicted molar refractivity (Wildman–Crippen MR) is 121 cm³/mol. The van der Waals surface area contributed by atoms with Crippen molar-refractivity contribution in [2.24, 2.45) is 0 Å². The molecule has 8 heteroatoms. The van der Waals surface area contributed by atoms with Gasteiger partial charge in [0.05, 0.1) is 18.5 Å². The Balaban J connectivity index is 1.34. The van der Waals surface area contributed by atoms with Crippen LogP contribution in [0.1, 0.15) is 36.8 Å². The van der Waals surface area contributed by atoms with Gasteiger partial charge < -0.3 is 19.3 Å². The van der Waals surface area contributed by atoms with Gasteiger partial charge in [0.25, 0.3) is 0 Å². The fraction of sp³-hybridized carbons (Fsp3) is 0.542. The number of carbonyl (C=O) groups excluding carboxylic acids is 2. The molecular weight excluding hydrogens is 410 g/mol. The van der Waals surface area contributed by atoms with Crippen LogP contribution < -0.4 is 5.63 Å². The van der Waals surface area contributed by atoms with E-state index in [9.17, 15) is 19.5 Å².